The summed E-state index contributed by atoms with van der Waals surface area (Å²) in [6.45, 7) is 0.0304. The van der Waals surface area contributed by atoms with Gasteiger partial charge in [0.05, 0.1) is 12.3 Å². The van der Waals surface area contributed by atoms with Crippen LogP contribution in [0.1, 0.15) is 23.7 Å². The van der Waals surface area contributed by atoms with Gasteiger partial charge >= 0.3 is 0 Å². The number of carbonyl (C=O) groups is 1. The van der Waals surface area contributed by atoms with Crippen LogP contribution < -0.4 is 15.5 Å². The van der Waals surface area contributed by atoms with E-state index in [1.54, 1.807) is 12.1 Å². The SMILES string of the molecule is O=C(CNc1ccc(F)cc1)N/N=C1/C[C@H](c2ccccc2)Oc2ccccc21. The van der Waals surface area contributed by atoms with E-state index in [-0.39, 0.29) is 24.4 Å². The summed E-state index contributed by atoms with van der Waals surface area (Å²) in [5.74, 6) is 0.129. The smallest absolute Gasteiger partial charge is 0.259 e. The topological polar surface area (TPSA) is 62.7 Å². The van der Waals surface area contributed by atoms with Crippen molar-refractivity contribution in [1.29, 1.82) is 0 Å². The van der Waals surface area contributed by atoms with Crippen LogP contribution in [0.3, 0.4) is 0 Å². The van der Waals surface area contributed by atoms with Crippen molar-refractivity contribution in [2.75, 3.05) is 11.9 Å². The lowest BCUT2D eigenvalue weighted by atomic mass is 9.96. The maximum absolute atomic E-state index is 13.0. The standard InChI is InChI=1S/C23H20FN3O2/c24-17-10-12-18(13-11-17)25-15-23(28)27-26-20-14-22(16-6-2-1-3-7-16)29-21-9-5-4-8-19(20)21/h1-13,22,25H,14-15H2,(H,27,28)/b26-20-/t22-/m1/s1. The first-order chi connectivity index (χ1) is 14.2. The molecule has 4 rings (SSSR count). The lowest BCUT2D eigenvalue weighted by molar-refractivity contribution is -0.119. The van der Waals surface area contributed by atoms with Crippen LogP contribution in [-0.2, 0) is 4.79 Å². The quantitative estimate of drug-likeness (QED) is 0.640. The second kappa shape index (κ2) is 8.56. The van der Waals surface area contributed by atoms with Crippen molar-refractivity contribution in [1.82, 2.24) is 5.43 Å². The molecule has 3 aromatic carbocycles. The van der Waals surface area contributed by atoms with Crippen molar-refractivity contribution in [3.63, 3.8) is 0 Å². The van der Waals surface area contributed by atoms with Crippen LogP contribution in [0.25, 0.3) is 0 Å². The molecule has 0 spiro atoms. The average Bonchev–Trinajstić information content (AvgIpc) is 2.77. The normalized spacial score (nSPS) is 16.6. The van der Waals surface area contributed by atoms with E-state index < -0.39 is 0 Å². The van der Waals surface area contributed by atoms with Crippen molar-refractivity contribution in [2.45, 2.75) is 12.5 Å². The molecule has 1 atom stereocenters. The molecule has 6 heteroatoms. The predicted molar refractivity (Wildman–Crippen MR) is 110 cm³/mol. The second-order valence-electron chi connectivity index (χ2n) is 6.67. The Bertz CT molecular complexity index is 1020. The van der Waals surface area contributed by atoms with Crippen LogP contribution >= 0.6 is 0 Å². The molecule has 0 radical (unpaired) electrons. The third kappa shape index (κ3) is 4.60. The van der Waals surface area contributed by atoms with Crippen LogP contribution in [-0.4, -0.2) is 18.2 Å². The Morgan fingerprint density at radius 2 is 1.72 bits per heavy atom. The molecule has 0 saturated heterocycles. The number of nitrogens with one attached hydrogen (secondary N) is 2. The Morgan fingerprint density at radius 3 is 2.52 bits per heavy atom. The summed E-state index contributed by atoms with van der Waals surface area (Å²) in [6.07, 6.45) is 0.381. The van der Waals surface area contributed by atoms with Crippen molar-refractivity contribution in [3.05, 3.63) is 95.8 Å². The molecule has 0 aliphatic carbocycles. The van der Waals surface area contributed by atoms with E-state index in [9.17, 15) is 9.18 Å². The van der Waals surface area contributed by atoms with Gasteiger partial charge in [0.2, 0.25) is 0 Å². The Hall–Kier alpha value is -3.67. The largest absolute Gasteiger partial charge is 0.485 e. The van der Waals surface area contributed by atoms with E-state index in [4.69, 9.17) is 4.74 Å². The van der Waals surface area contributed by atoms with Gasteiger partial charge in [0.1, 0.15) is 17.7 Å². The maximum Gasteiger partial charge on any atom is 0.259 e. The van der Waals surface area contributed by atoms with E-state index in [0.29, 0.717) is 12.1 Å². The molecule has 3 aromatic rings. The van der Waals surface area contributed by atoms with Gasteiger partial charge < -0.3 is 10.1 Å². The first-order valence-electron chi connectivity index (χ1n) is 9.35. The molecule has 0 aromatic heterocycles. The number of amides is 1. The summed E-state index contributed by atoms with van der Waals surface area (Å²) in [7, 11) is 0. The number of hydrazone groups is 1. The molecule has 0 saturated carbocycles. The lowest BCUT2D eigenvalue weighted by Crippen LogP contribution is -2.29. The molecule has 2 N–H and O–H groups in total. The Kier molecular flexibility index (Phi) is 5.52. The third-order valence-electron chi connectivity index (χ3n) is 4.63. The number of nitrogens with zero attached hydrogens (tertiary/aromatic N) is 1. The number of fused-ring (bicyclic) bond motifs is 1. The second-order valence-corrected chi connectivity index (χ2v) is 6.67. The highest BCUT2D eigenvalue weighted by molar-refractivity contribution is 6.04. The number of anilines is 1. The van der Waals surface area contributed by atoms with Gasteiger partial charge in [-0.1, -0.05) is 42.5 Å². The van der Waals surface area contributed by atoms with Gasteiger partial charge in [0.15, 0.2) is 0 Å². The van der Waals surface area contributed by atoms with Gasteiger partial charge in [-0.3, -0.25) is 4.79 Å². The number of carbonyl (C=O) groups excluding carboxylic acids is 1. The van der Waals surface area contributed by atoms with Gasteiger partial charge in [0.25, 0.3) is 5.91 Å². The zero-order chi connectivity index (χ0) is 20.1. The minimum Gasteiger partial charge on any atom is -0.485 e. The molecule has 1 heterocycles. The van der Waals surface area contributed by atoms with Crippen LogP contribution in [0.2, 0.25) is 0 Å². The molecular formula is C23H20FN3O2. The molecule has 0 fully saturated rings. The summed E-state index contributed by atoms with van der Waals surface area (Å²) in [5.41, 5.74) is 5.95. The molecule has 5 nitrogen and oxygen atoms in total. The van der Waals surface area contributed by atoms with Gasteiger partial charge in [-0.2, -0.15) is 5.10 Å². The number of hydrogen-bond donors (Lipinski definition) is 2. The number of hydrogen-bond acceptors (Lipinski definition) is 4. The van der Waals surface area contributed by atoms with Gasteiger partial charge in [-0.25, -0.2) is 9.82 Å². The van der Waals surface area contributed by atoms with E-state index in [1.165, 1.54) is 12.1 Å². The highest BCUT2D eigenvalue weighted by atomic mass is 19.1. The lowest BCUT2D eigenvalue weighted by Gasteiger charge is -2.27. The van der Waals surface area contributed by atoms with Gasteiger partial charge in [0, 0.05) is 17.7 Å². The van der Waals surface area contributed by atoms with Crippen LogP contribution in [0.15, 0.2) is 84.0 Å². The first kappa shape index (κ1) is 18.7. The summed E-state index contributed by atoms with van der Waals surface area (Å²) < 4.78 is 19.1. The fourth-order valence-electron chi connectivity index (χ4n) is 3.17. The average molecular weight is 389 g/mol. The summed E-state index contributed by atoms with van der Waals surface area (Å²) >= 11 is 0. The zero-order valence-electron chi connectivity index (χ0n) is 15.6. The van der Waals surface area contributed by atoms with E-state index >= 15 is 0 Å². The highest BCUT2D eigenvalue weighted by Crippen LogP contribution is 2.34. The highest BCUT2D eigenvalue weighted by Gasteiger charge is 2.26. The minimum absolute atomic E-state index is 0.0304. The first-order valence-corrected chi connectivity index (χ1v) is 9.35. The minimum atomic E-state index is -0.322. The predicted octanol–water partition coefficient (Wildman–Crippen LogP) is 4.28. The third-order valence-corrected chi connectivity index (χ3v) is 4.63. The molecule has 146 valence electrons. The fraction of sp³-hybridized carbons (Fsp3) is 0.130. The van der Waals surface area contributed by atoms with Crippen molar-refractivity contribution in [2.24, 2.45) is 5.10 Å². The number of benzene rings is 3. The fourth-order valence-corrected chi connectivity index (χ4v) is 3.17. The summed E-state index contributed by atoms with van der Waals surface area (Å²) in [5, 5.41) is 7.30. The van der Waals surface area contributed by atoms with Crippen LogP contribution in [0, 0.1) is 5.82 Å². The van der Waals surface area contributed by atoms with Crippen LogP contribution in [0.4, 0.5) is 10.1 Å². The van der Waals surface area contributed by atoms with E-state index in [2.05, 4.69) is 15.8 Å². The van der Waals surface area contributed by atoms with Gasteiger partial charge in [-0.15, -0.1) is 0 Å². The van der Waals surface area contributed by atoms with E-state index in [1.807, 2.05) is 54.6 Å². The van der Waals surface area contributed by atoms with Crippen molar-refractivity contribution >= 4 is 17.3 Å². The number of rotatable bonds is 5. The summed E-state index contributed by atoms with van der Waals surface area (Å²) in [6, 6.07) is 23.4. The number of halogens is 1. The van der Waals surface area contributed by atoms with Crippen molar-refractivity contribution in [3.8, 4) is 5.75 Å². The Labute approximate surface area is 168 Å². The Morgan fingerprint density at radius 1 is 1.00 bits per heavy atom. The zero-order valence-corrected chi connectivity index (χ0v) is 15.6. The molecule has 29 heavy (non-hydrogen) atoms. The summed E-state index contributed by atoms with van der Waals surface area (Å²) in [4.78, 5) is 12.2. The van der Waals surface area contributed by atoms with Crippen LogP contribution in [0.5, 0.6) is 5.75 Å². The number of ether oxygens (including phenoxy) is 1. The van der Waals surface area contributed by atoms with Gasteiger partial charge in [-0.05, 0) is 42.0 Å². The molecule has 1 aliphatic rings. The maximum atomic E-state index is 13.0. The molecule has 1 aliphatic heterocycles. The number of para-hydroxylation sites is 1. The van der Waals surface area contributed by atoms with Crippen molar-refractivity contribution < 1.29 is 13.9 Å². The van der Waals surface area contributed by atoms with E-state index in [0.717, 1.165) is 22.6 Å². The Balaban J connectivity index is 1.46. The molecular weight excluding hydrogens is 369 g/mol. The molecule has 0 bridgehead atoms. The molecule has 1 amide bonds. The molecule has 0 unspecified atom stereocenters. The monoisotopic (exact) mass is 389 g/mol.